The molecule has 2 aromatic rings. The Hall–Kier alpha value is -2.37. The van der Waals surface area contributed by atoms with Gasteiger partial charge in [-0.05, 0) is 50.6 Å². The maximum absolute atomic E-state index is 12.5. The molecule has 1 heterocycles. The third-order valence-electron chi connectivity index (χ3n) is 5.62. The van der Waals surface area contributed by atoms with Crippen LogP contribution < -0.4 is 14.8 Å². The average Bonchev–Trinajstić information content (AvgIpc) is 2.77. The SMILES string of the molecule is COc1ccc(C(CNCC(=O)c2ccc(C)cc2)N2CCCCC2)cc1OC. The number of Topliss-reactive ketones (excluding diaryl/α,β-unsaturated/α-hetero) is 1. The molecule has 0 radical (unpaired) electrons. The summed E-state index contributed by atoms with van der Waals surface area (Å²) in [5.74, 6) is 1.59. The molecule has 1 saturated heterocycles. The van der Waals surface area contributed by atoms with Crippen LogP contribution >= 0.6 is 0 Å². The van der Waals surface area contributed by atoms with E-state index in [1.54, 1.807) is 14.2 Å². The number of methoxy groups -OCH3 is 2. The van der Waals surface area contributed by atoms with Crippen molar-refractivity contribution in [2.75, 3.05) is 40.4 Å². The lowest BCUT2D eigenvalue weighted by Crippen LogP contribution is -2.40. The summed E-state index contributed by atoms with van der Waals surface area (Å²) in [7, 11) is 3.31. The summed E-state index contributed by atoms with van der Waals surface area (Å²) in [6.07, 6.45) is 3.71. The Bertz CT molecular complexity index is 798. The number of hydrogen-bond donors (Lipinski definition) is 1. The van der Waals surface area contributed by atoms with Crippen molar-refractivity contribution in [2.45, 2.75) is 32.2 Å². The summed E-state index contributed by atoms with van der Waals surface area (Å²) < 4.78 is 10.9. The molecule has 5 heteroatoms. The third kappa shape index (κ3) is 5.58. The molecule has 2 aromatic carbocycles. The number of carbonyl (C=O) groups excluding carboxylic acids is 1. The number of hydrogen-bond acceptors (Lipinski definition) is 5. The normalized spacial score (nSPS) is 15.7. The van der Waals surface area contributed by atoms with E-state index < -0.39 is 0 Å². The third-order valence-corrected chi connectivity index (χ3v) is 5.62. The lowest BCUT2D eigenvalue weighted by Gasteiger charge is -2.35. The number of rotatable bonds is 9. The van der Waals surface area contributed by atoms with Crippen LogP contribution in [0.2, 0.25) is 0 Å². The quantitative estimate of drug-likeness (QED) is 0.649. The molecule has 3 rings (SSSR count). The molecule has 0 aromatic heterocycles. The van der Waals surface area contributed by atoms with Gasteiger partial charge in [0.25, 0.3) is 0 Å². The fourth-order valence-corrected chi connectivity index (χ4v) is 3.91. The molecule has 5 nitrogen and oxygen atoms in total. The molecule has 0 amide bonds. The summed E-state index contributed by atoms with van der Waals surface area (Å²) in [5, 5.41) is 3.40. The molecule has 0 saturated carbocycles. The van der Waals surface area contributed by atoms with Gasteiger partial charge in [0.2, 0.25) is 0 Å². The summed E-state index contributed by atoms with van der Waals surface area (Å²) in [4.78, 5) is 15.0. The molecular weight excluding hydrogens is 364 g/mol. The average molecular weight is 397 g/mol. The van der Waals surface area contributed by atoms with Gasteiger partial charge in [-0.15, -0.1) is 0 Å². The Labute approximate surface area is 174 Å². The fourth-order valence-electron chi connectivity index (χ4n) is 3.91. The van der Waals surface area contributed by atoms with E-state index in [0.29, 0.717) is 13.1 Å². The second kappa shape index (κ2) is 10.4. The van der Waals surface area contributed by atoms with Gasteiger partial charge in [-0.1, -0.05) is 42.3 Å². The first kappa shape index (κ1) is 21.3. The Morgan fingerprint density at radius 1 is 1.00 bits per heavy atom. The second-order valence-corrected chi connectivity index (χ2v) is 7.65. The van der Waals surface area contributed by atoms with E-state index in [9.17, 15) is 4.79 Å². The highest BCUT2D eigenvalue weighted by Gasteiger charge is 2.23. The lowest BCUT2D eigenvalue weighted by molar-refractivity contribution is 0.0983. The lowest BCUT2D eigenvalue weighted by atomic mass is 10.0. The highest BCUT2D eigenvalue weighted by Crippen LogP contribution is 2.32. The van der Waals surface area contributed by atoms with Crippen LogP contribution in [0.15, 0.2) is 42.5 Å². The van der Waals surface area contributed by atoms with Crippen LogP contribution in [-0.2, 0) is 0 Å². The Balaban J connectivity index is 1.70. The minimum absolute atomic E-state index is 0.120. The maximum atomic E-state index is 12.5. The van der Waals surface area contributed by atoms with Gasteiger partial charge >= 0.3 is 0 Å². The summed E-state index contributed by atoms with van der Waals surface area (Å²) in [6.45, 7) is 5.23. The molecule has 1 atom stereocenters. The van der Waals surface area contributed by atoms with Crippen molar-refractivity contribution in [3.8, 4) is 11.5 Å². The zero-order valence-corrected chi connectivity index (χ0v) is 17.7. The molecule has 0 bridgehead atoms. The van der Waals surface area contributed by atoms with Crippen LogP contribution in [-0.4, -0.2) is 51.1 Å². The summed E-state index contributed by atoms with van der Waals surface area (Å²) in [6, 6.07) is 14.1. The van der Waals surface area contributed by atoms with E-state index in [-0.39, 0.29) is 11.8 Å². The number of piperidine rings is 1. The highest BCUT2D eigenvalue weighted by atomic mass is 16.5. The molecule has 0 aliphatic carbocycles. The van der Waals surface area contributed by atoms with Crippen LogP contribution in [0.1, 0.15) is 46.8 Å². The molecule has 29 heavy (non-hydrogen) atoms. The van der Waals surface area contributed by atoms with Gasteiger partial charge in [-0.3, -0.25) is 9.69 Å². The molecular formula is C24H32N2O3. The van der Waals surface area contributed by atoms with Crippen molar-refractivity contribution in [2.24, 2.45) is 0 Å². The smallest absolute Gasteiger partial charge is 0.176 e. The molecule has 1 N–H and O–H groups in total. The maximum Gasteiger partial charge on any atom is 0.176 e. The zero-order chi connectivity index (χ0) is 20.6. The fraction of sp³-hybridized carbons (Fsp3) is 0.458. The number of carbonyl (C=O) groups is 1. The number of benzene rings is 2. The van der Waals surface area contributed by atoms with Crippen LogP contribution in [0.3, 0.4) is 0 Å². The van der Waals surface area contributed by atoms with Crippen molar-refractivity contribution in [1.82, 2.24) is 10.2 Å². The zero-order valence-electron chi connectivity index (χ0n) is 17.7. The standard InChI is InChI=1S/C24H32N2O3/c1-18-7-9-19(10-8-18)22(27)17-25-16-21(26-13-5-4-6-14-26)20-11-12-23(28-2)24(15-20)29-3/h7-12,15,21,25H,4-6,13-14,16-17H2,1-3H3. The van der Waals surface area contributed by atoms with Crippen molar-refractivity contribution in [3.63, 3.8) is 0 Å². The predicted octanol–water partition coefficient (Wildman–Crippen LogP) is 4.01. The first-order valence-electron chi connectivity index (χ1n) is 10.4. The second-order valence-electron chi connectivity index (χ2n) is 7.65. The predicted molar refractivity (Wildman–Crippen MR) is 116 cm³/mol. The van der Waals surface area contributed by atoms with E-state index in [1.807, 2.05) is 37.3 Å². The summed E-state index contributed by atoms with van der Waals surface area (Å²) >= 11 is 0. The van der Waals surface area contributed by atoms with Crippen molar-refractivity contribution >= 4 is 5.78 Å². The van der Waals surface area contributed by atoms with E-state index in [4.69, 9.17) is 9.47 Å². The first-order chi connectivity index (χ1) is 14.1. The molecule has 156 valence electrons. The van der Waals surface area contributed by atoms with Crippen LogP contribution in [0.25, 0.3) is 0 Å². The van der Waals surface area contributed by atoms with E-state index >= 15 is 0 Å². The Morgan fingerprint density at radius 2 is 1.69 bits per heavy atom. The minimum atomic E-state index is 0.120. The topological polar surface area (TPSA) is 50.8 Å². The minimum Gasteiger partial charge on any atom is -0.493 e. The molecule has 0 spiro atoms. The number of ether oxygens (including phenoxy) is 2. The number of ketones is 1. The Kier molecular flexibility index (Phi) is 7.67. The van der Waals surface area contributed by atoms with Crippen LogP contribution in [0.5, 0.6) is 11.5 Å². The van der Waals surface area contributed by atoms with Gasteiger partial charge in [0.15, 0.2) is 17.3 Å². The largest absolute Gasteiger partial charge is 0.493 e. The number of aryl methyl sites for hydroxylation is 1. The monoisotopic (exact) mass is 396 g/mol. The molecule has 1 aliphatic rings. The highest BCUT2D eigenvalue weighted by molar-refractivity contribution is 5.97. The van der Waals surface area contributed by atoms with E-state index in [2.05, 4.69) is 22.3 Å². The Morgan fingerprint density at radius 3 is 2.34 bits per heavy atom. The first-order valence-corrected chi connectivity index (χ1v) is 10.4. The molecule has 1 aliphatic heterocycles. The van der Waals surface area contributed by atoms with Crippen molar-refractivity contribution in [3.05, 3.63) is 59.2 Å². The van der Waals surface area contributed by atoms with Crippen molar-refractivity contribution in [1.29, 1.82) is 0 Å². The number of nitrogens with zero attached hydrogens (tertiary/aromatic N) is 1. The molecule has 1 unspecified atom stereocenters. The van der Waals surface area contributed by atoms with Gasteiger partial charge in [0.1, 0.15) is 0 Å². The number of nitrogens with one attached hydrogen (secondary N) is 1. The van der Waals surface area contributed by atoms with Gasteiger partial charge in [0, 0.05) is 18.2 Å². The van der Waals surface area contributed by atoms with E-state index in [0.717, 1.165) is 35.7 Å². The molecule has 1 fully saturated rings. The van der Waals surface area contributed by atoms with E-state index in [1.165, 1.54) is 24.8 Å². The van der Waals surface area contributed by atoms with Gasteiger partial charge in [-0.2, -0.15) is 0 Å². The summed E-state index contributed by atoms with van der Waals surface area (Å²) in [5.41, 5.74) is 3.09. The van der Waals surface area contributed by atoms with Gasteiger partial charge in [0.05, 0.1) is 20.8 Å². The van der Waals surface area contributed by atoms with Gasteiger partial charge in [-0.25, -0.2) is 0 Å². The van der Waals surface area contributed by atoms with Crippen LogP contribution in [0.4, 0.5) is 0 Å². The number of likely N-dealkylation sites (tertiary alicyclic amines) is 1. The van der Waals surface area contributed by atoms with Crippen molar-refractivity contribution < 1.29 is 14.3 Å². The van der Waals surface area contributed by atoms with Crippen LogP contribution in [0, 0.1) is 6.92 Å². The van der Waals surface area contributed by atoms with Gasteiger partial charge < -0.3 is 14.8 Å².